The fourth-order valence-electron chi connectivity index (χ4n) is 1.30. The maximum Gasteiger partial charge on any atom is 0.277 e. The van der Waals surface area contributed by atoms with Gasteiger partial charge in [-0.05, 0) is 19.3 Å². The van der Waals surface area contributed by atoms with E-state index in [0.717, 1.165) is 12.8 Å². The monoisotopic (exact) mass is 221 g/mol. The van der Waals surface area contributed by atoms with Crippen LogP contribution in [0.15, 0.2) is 0 Å². The van der Waals surface area contributed by atoms with Crippen LogP contribution in [0.25, 0.3) is 0 Å². The summed E-state index contributed by atoms with van der Waals surface area (Å²) in [5.41, 5.74) is 0. The lowest BCUT2D eigenvalue weighted by molar-refractivity contribution is -0.122. The highest BCUT2D eigenvalue weighted by Crippen LogP contribution is 2.05. The number of carbonyl (C=O) groups is 1. The first-order valence-corrected chi connectivity index (χ1v) is 6.02. The van der Waals surface area contributed by atoms with Crippen molar-refractivity contribution in [1.82, 2.24) is 14.8 Å². The quantitative estimate of drug-likeness (QED) is 0.554. The van der Waals surface area contributed by atoms with Crippen LogP contribution in [0.3, 0.4) is 0 Å². The van der Waals surface area contributed by atoms with Crippen molar-refractivity contribution in [3.63, 3.8) is 0 Å². The van der Waals surface area contributed by atoms with Crippen molar-refractivity contribution in [3.8, 4) is 0 Å². The lowest BCUT2D eigenvalue weighted by Gasteiger charge is -2.14. The molecule has 1 aliphatic rings. The average Bonchev–Trinajstić information content (AvgIpc) is 2.32. The maximum absolute atomic E-state index is 11.3. The van der Waals surface area contributed by atoms with Crippen LogP contribution >= 0.6 is 0 Å². The fraction of sp³-hybridized carbons (Fsp3) is 0.857. The van der Waals surface area contributed by atoms with E-state index in [9.17, 15) is 13.2 Å². The summed E-state index contributed by atoms with van der Waals surface area (Å²) in [7, 11) is -2.23. The summed E-state index contributed by atoms with van der Waals surface area (Å²) >= 11 is 0. The highest BCUT2D eigenvalue weighted by Gasteiger charge is 2.24. The van der Waals surface area contributed by atoms with Crippen molar-refractivity contribution in [2.24, 2.45) is 0 Å². The highest BCUT2D eigenvalue weighted by atomic mass is 32.2. The van der Waals surface area contributed by atoms with Crippen LogP contribution in [0.4, 0.5) is 0 Å². The molecule has 0 bridgehead atoms. The molecule has 0 aromatic rings. The van der Waals surface area contributed by atoms with Gasteiger partial charge < -0.3 is 5.32 Å². The van der Waals surface area contributed by atoms with Gasteiger partial charge in [0.1, 0.15) is 6.04 Å². The van der Waals surface area contributed by atoms with Crippen LogP contribution in [-0.4, -0.2) is 34.0 Å². The zero-order chi connectivity index (χ0) is 10.6. The van der Waals surface area contributed by atoms with Gasteiger partial charge in [0.05, 0.1) is 0 Å². The van der Waals surface area contributed by atoms with E-state index in [2.05, 4.69) is 14.8 Å². The summed E-state index contributed by atoms with van der Waals surface area (Å²) in [5, 5.41) is 2.65. The summed E-state index contributed by atoms with van der Waals surface area (Å²) in [4.78, 5) is 11.3. The largest absolute Gasteiger partial charge is 0.355 e. The second kappa shape index (κ2) is 4.72. The van der Waals surface area contributed by atoms with Gasteiger partial charge in [-0.15, -0.1) is 0 Å². The van der Waals surface area contributed by atoms with Gasteiger partial charge in [0.2, 0.25) is 5.91 Å². The molecule has 0 aromatic heterocycles. The maximum atomic E-state index is 11.3. The Morgan fingerprint density at radius 3 is 2.79 bits per heavy atom. The summed E-state index contributed by atoms with van der Waals surface area (Å²) in [6, 6.07) is -0.644. The summed E-state index contributed by atoms with van der Waals surface area (Å²) < 4.78 is 26.6. The minimum Gasteiger partial charge on any atom is -0.355 e. The Hall–Kier alpha value is -0.660. The minimum absolute atomic E-state index is 0.249. The fourth-order valence-corrected chi connectivity index (χ4v) is 2.02. The molecular formula is C7H15N3O3S. The van der Waals surface area contributed by atoms with Crippen molar-refractivity contribution in [2.75, 3.05) is 13.6 Å². The molecule has 1 rings (SSSR count). The third kappa shape index (κ3) is 3.24. The number of hydrogen-bond donors (Lipinski definition) is 3. The molecule has 1 amide bonds. The third-order valence-electron chi connectivity index (χ3n) is 2.10. The molecule has 1 saturated heterocycles. The zero-order valence-corrected chi connectivity index (χ0v) is 8.86. The normalized spacial score (nSPS) is 24.1. The Morgan fingerprint density at radius 1 is 1.43 bits per heavy atom. The Balaban J connectivity index is 2.61. The van der Waals surface area contributed by atoms with Crippen molar-refractivity contribution in [1.29, 1.82) is 0 Å². The summed E-state index contributed by atoms with van der Waals surface area (Å²) in [6.45, 7) is 0.622. The van der Waals surface area contributed by atoms with E-state index in [-0.39, 0.29) is 5.91 Å². The molecule has 1 fully saturated rings. The van der Waals surface area contributed by atoms with Gasteiger partial charge in [0.15, 0.2) is 0 Å². The van der Waals surface area contributed by atoms with E-state index in [0.29, 0.717) is 13.0 Å². The second-order valence-electron chi connectivity index (χ2n) is 3.16. The van der Waals surface area contributed by atoms with Gasteiger partial charge in [-0.3, -0.25) is 4.79 Å². The number of hydrogen-bond acceptors (Lipinski definition) is 3. The van der Waals surface area contributed by atoms with Crippen molar-refractivity contribution in [3.05, 3.63) is 0 Å². The molecule has 1 atom stereocenters. The Bertz CT molecular complexity index is 301. The van der Waals surface area contributed by atoms with E-state index >= 15 is 0 Å². The first-order chi connectivity index (χ1) is 6.55. The molecule has 82 valence electrons. The lowest BCUT2D eigenvalue weighted by Crippen LogP contribution is -2.48. The minimum atomic E-state index is -3.53. The lowest BCUT2D eigenvalue weighted by atomic mass is 10.1. The smallest absolute Gasteiger partial charge is 0.277 e. The van der Waals surface area contributed by atoms with Gasteiger partial charge in [-0.1, -0.05) is 0 Å². The van der Waals surface area contributed by atoms with Crippen LogP contribution < -0.4 is 14.8 Å². The molecule has 7 heteroatoms. The predicted octanol–water partition coefficient (Wildman–Crippen LogP) is -1.29. The first-order valence-electron chi connectivity index (χ1n) is 4.53. The SMILES string of the molecule is CNS(=O)(=O)N[C@H]1CCCCNC1=O. The van der Waals surface area contributed by atoms with Crippen LogP contribution in [0, 0.1) is 0 Å². The Morgan fingerprint density at radius 2 is 2.14 bits per heavy atom. The van der Waals surface area contributed by atoms with E-state index in [4.69, 9.17) is 0 Å². The molecule has 1 heterocycles. The van der Waals surface area contributed by atoms with Crippen LogP contribution in [0.1, 0.15) is 19.3 Å². The van der Waals surface area contributed by atoms with Crippen LogP contribution in [0.2, 0.25) is 0 Å². The van der Waals surface area contributed by atoms with Gasteiger partial charge in [0, 0.05) is 13.6 Å². The van der Waals surface area contributed by atoms with Crippen molar-refractivity contribution < 1.29 is 13.2 Å². The number of rotatable bonds is 3. The Kier molecular flexibility index (Phi) is 3.85. The molecular weight excluding hydrogens is 206 g/mol. The van der Waals surface area contributed by atoms with E-state index in [1.54, 1.807) is 0 Å². The highest BCUT2D eigenvalue weighted by molar-refractivity contribution is 7.87. The molecule has 0 aromatic carbocycles. The molecule has 0 aliphatic carbocycles. The average molecular weight is 221 g/mol. The van der Waals surface area contributed by atoms with Crippen LogP contribution in [-0.2, 0) is 15.0 Å². The zero-order valence-electron chi connectivity index (χ0n) is 8.04. The van der Waals surface area contributed by atoms with Crippen molar-refractivity contribution >= 4 is 16.1 Å². The van der Waals surface area contributed by atoms with E-state index in [1.165, 1.54) is 7.05 Å². The second-order valence-corrected chi connectivity index (χ2v) is 4.82. The number of carbonyl (C=O) groups excluding carboxylic acids is 1. The standard InChI is InChI=1S/C7H15N3O3S/c1-8-14(12,13)10-6-4-2-3-5-9-7(6)11/h6,8,10H,2-5H2,1H3,(H,9,11)/t6-/m0/s1. The molecule has 0 spiro atoms. The summed E-state index contributed by atoms with van der Waals surface area (Å²) in [5.74, 6) is -0.249. The molecule has 14 heavy (non-hydrogen) atoms. The molecule has 0 radical (unpaired) electrons. The van der Waals surface area contributed by atoms with Gasteiger partial charge >= 0.3 is 0 Å². The number of nitrogens with one attached hydrogen (secondary N) is 3. The predicted molar refractivity (Wildman–Crippen MR) is 51.8 cm³/mol. The number of amides is 1. The first kappa shape index (κ1) is 11.4. The summed E-state index contributed by atoms with van der Waals surface area (Å²) in [6.07, 6.45) is 2.28. The third-order valence-corrected chi connectivity index (χ3v) is 3.23. The van der Waals surface area contributed by atoms with Gasteiger partial charge in [-0.2, -0.15) is 13.1 Å². The van der Waals surface area contributed by atoms with E-state index in [1.807, 2.05) is 0 Å². The van der Waals surface area contributed by atoms with Crippen molar-refractivity contribution in [2.45, 2.75) is 25.3 Å². The molecule has 0 saturated carbocycles. The molecule has 6 nitrogen and oxygen atoms in total. The topological polar surface area (TPSA) is 87.3 Å². The molecule has 3 N–H and O–H groups in total. The van der Waals surface area contributed by atoms with Gasteiger partial charge in [0.25, 0.3) is 10.2 Å². The van der Waals surface area contributed by atoms with Crippen LogP contribution in [0.5, 0.6) is 0 Å². The van der Waals surface area contributed by atoms with E-state index < -0.39 is 16.3 Å². The molecule has 1 aliphatic heterocycles. The van der Waals surface area contributed by atoms with Gasteiger partial charge in [-0.25, -0.2) is 4.72 Å². The molecule has 0 unspecified atom stereocenters. The Labute approximate surface area is 83.6 Å².